The van der Waals surface area contributed by atoms with Crippen molar-refractivity contribution in [3.05, 3.63) is 35.4 Å². The molecule has 5 nitrogen and oxygen atoms in total. The van der Waals surface area contributed by atoms with Crippen LogP contribution in [0.25, 0.3) is 0 Å². The van der Waals surface area contributed by atoms with Crippen LogP contribution in [0.1, 0.15) is 43.2 Å². The molecule has 0 radical (unpaired) electrons. The normalized spacial score (nSPS) is 18.6. The third-order valence-corrected chi connectivity index (χ3v) is 5.83. The average molecular weight is 415 g/mol. The summed E-state index contributed by atoms with van der Waals surface area (Å²) in [7, 11) is 5.89. The minimum Gasteiger partial charge on any atom is -0.381 e. The van der Waals surface area contributed by atoms with Gasteiger partial charge < -0.3 is 20.3 Å². The summed E-state index contributed by atoms with van der Waals surface area (Å²) < 4.78 is 44.2. The molecule has 1 aliphatic heterocycles. The molecule has 0 bridgehead atoms. The van der Waals surface area contributed by atoms with Gasteiger partial charge in [0.25, 0.3) is 0 Å². The van der Waals surface area contributed by atoms with E-state index in [0.717, 1.165) is 38.7 Å². The fourth-order valence-corrected chi connectivity index (χ4v) is 3.60. The molecule has 0 spiro atoms. The summed E-state index contributed by atoms with van der Waals surface area (Å²) in [4.78, 5) is 6.52. The number of rotatable bonds is 7. The Morgan fingerprint density at radius 3 is 2.52 bits per heavy atom. The van der Waals surface area contributed by atoms with Crippen molar-refractivity contribution in [3.8, 4) is 0 Å². The number of halogens is 3. The van der Waals surface area contributed by atoms with E-state index in [-0.39, 0.29) is 11.5 Å². The molecule has 1 fully saturated rings. The van der Waals surface area contributed by atoms with E-state index < -0.39 is 11.7 Å². The van der Waals surface area contributed by atoms with Crippen LogP contribution in [0.2, 0.25) is 0 Å². The number of hydrogen-bond acceptors (Lipinski definition) is 3. The SMILES string of the molecule is CN=C(NCCC(C)c1cccc(C(F)(F)F)c1)NCC1(N(C)C)CCOCC1. The molecular formula is C21H33F3N4O. The van der Waals surface area contributed by atoms with E-state index in [1.165, 1.54) is 12.1 Å². The first kappa shape index (κ1) is 23.5. The Balaban J connectivity index is 1.85. The van der Waals surface area contributed by atoms with Gasteiger partial charge >= 0.3 is 6.18 Å². The lowest BCUT2D eigenvalue weighted by Crippen LogP contribution is -2.57. The first-order valence-electron chi connectivity index (χ1n) is 10.0. The van der Waals surface area contributed by atoms with Crippen LogP contribution in [-0.4, -0.2) is 63.8 Å². The van der Waals surface area contributed by atoms with Crippen molar-refractivity contribution in [3.63, 3.8) is 0 Å². The quantitative estimate of drug-likeness (QED) is 0.530. The average Bonchev–Trinajstić information content (AvgIpc) is 2.70. The minimum atomic E-state index is -4.31. The number of hydrogen-bond donors (Lipinski definition) is 2. The number of aliphatic imine (C=N–C) groups is 1. The third-order valence-electron chi connectivity index (χ3n) is 5.83. The van der Waals surface area contributed by atoms with Crippen molar-refractivity contribution in [2.45, 2.75) is 43.8 Å². The van der Waals surface area contributed by atoms with Crippen molar-refractivity contribution in [2.75, 3.05) is 47.4 Å². The Hall–Kier alpha value is -1.80. The lowest BCUT2D eigenvalue weighted by atomic mass is 9.88. The van der Waals surface area contributed by atoms with Gasteiger partial charge in [0.15, 0.2) is 5.96 Å². The molecule has 1 heterocycles. The van der Waals surface area contributed by atoms with Gasteiger partial charge in [0, 0.05) is 38.9 Å². The molecule has 1 unspecified atom stereocenters. The molecule has 1 saturated heterocycles. The van der Waals surface area contributed by atoms with Crippen molar-refractivity contribution < 1.29 is 17.9 Å². The highest BCUT2D eigenvalue weighted by molar-refractivity contribution is 5.79. The van der Waals surface area contributed by atoms with Crippen LogP contribution >= 0.6 is 0 Å². The maximum absolute atomic E-state index is 12.9. The van der Waals surface area contributed by atoms with E-state index >= 15 is 0 Å². The summed E-state index contributed by atoms with van der Waals surface area (Å²) in [5.41, 5.74) is 0.123. The van der Waals surface area contributed by atoms with Gasteiger partial charge in [-0.3, -0.25) is 4.99 Å². The van der Waals surface area contributed by atoms with E-state index in [9.17, 15) is 13.2 Å². The van der Waals surface area contributed by atoms with Crippen LogP contribution in [0.5, 0.6) is 0 Å². The molecule has 0 saturated carbocycles. The van der Waals surface area contributed by atoms with Crippen LogP contribution in [0, 0.1) is 0 Å². The number of nitrogens with one attached hydrogen (secondary N) is 2. The lowest BCUT2D eigenvalue weighted by Gasteiger charge is -2.43. The topological polar surface area (TPSA) is 48.9 Å². The second kappa shape index (κ2) is 10.3. The highest BCUT2D eigenvalue weighted by Crippen LogP contribution is 2.31. The fourth-order valence-electron chi connectivity index (χ4n) is 3.60. The summed E-state index contributed by atoms with van der Waals surface area (Å²) in [6.07, 6.45) is -1.70. The summed E-state index contributed by atoms with van der Waals surface area (Å²) in [5.74, 6) is 0.709. The minimum absolute atomic E-state index is 0.00603. The van der Waals surface area contributed by atoms with E-state index in [1.54, 1.807) is 13.1 Å². The maximum Gasteiger partial charge on any atom is 0.416 e. The maximum atomic E-state index is 12.9. The number of alkyl halides is 3. The Kier molecular flexibility index (Phi) is 8.34. The molecule has 1 aromatic rings. The highest BCUT2D eigenvalue weighted by atomic mass is 19.4. The van der Waals surface area contributed by atoms with E-state index in [4.69, 9.17) is 4.74 Å². The second-order valence-corrected chi connectivity index (χ2v) is 7.90. The standard InChI is InChI=1S/C21H33F3N4O/c1-16(17-6-5-7-18(14-17)21(22,23)24)8-11-26-19(25-2)27-15-20(28(3)4)9-12-29-13-10-20/h5-7,14,16H,8-13,15H2,1-4H3,(H2,25,26,27). The van der Waals surface area contributed by atoms with E-state index in [1.807, 2.05) is 6.92 Å². The number of guanidine groups is 1. The van der Waals surface area contributed by atoms with E-state index in [0.29, 0.717) is 24.5 Å². The van der Waals surface area contributed by atoms with Gasteiger partial charge in [0.1, 0.15) is 0 Å². The molecule has 0 aromatic heterocycles. The zero-order valence-corrected chi connectivity index (χ0v) is 17.8. The summed E-state index contributed by atoms with van der Waals surface area (Å²) in [6.45, 7) is 4.82. The van der Waals surface area contributed by atoms with Gasteiger partial charge in [-0.1, -0.05) is 25.1 Å². The molecule has 0 aliphatic carbocycles. The molecule has 1 atom stereocenters. The Morgan fingerprint density at radius 1 is 1.24 bits per heavy atom. The lowest BCUT2D eigenvalue weighted by molar-refractivity contribution is -0.137. The van der Waals surface area contributed by atoms with Crippen LogP contribution in [0.4, 0.5) is 13.2 Å². The molecule has 1 aromatic carbocycles. The van der Waals surface area contributed by atoms with Gasteiger partial charge in [-0.15, -0.1) is 0 Å². The van der Waals surface area contributed by atoms with Crippen molar-refractivity contribution >= 4 is 5.96 Å². The van der Waals surface area contributed by atoms with Crippen LogP contribution in [0.15, 0.2) is 29.3 Å². The Bertz CT molecular complexity index is 670. The predicted octanol–water partition coefficient (Wildman–Crippen LogP) is 3.47. The molecule has 0 amide bonds. The van der Waals surface area contributed by atoms with Gasteiger partial charge in [-0.05, 0) is 50.9 Å². The first-order valence-corrected chi connectivity index (χ1v) is 10.0. The third kappa shape index (κ3) is 6.60. The summed E-state index contributed by atoms with van der Waals surface area (Å²) >= 11 is 0. The van der Waals surface area contributed by atoms with Crippen molar-refractivity contribution in [2.24, 2.45) is 4.99 Å². The molecule has 2 rings (SSSR count). The molecule has 29 heavy (non-hydrogen) atoms. The van der Waals surface area contributed by atoms with Crippen molar-refractivity contribution in [1.82, 2.24) is 15.5 Å². The number of nitrogens with zero attached hydrogens (tertiary/aromatic N) is 2. The monoisotopic (exact) mass is 414 g/mol. The zero-order chi connectivity index (χ0) is 21.5. The predicted molar refractivity (Wildman–Crippen MR) is 110 cm³/mol. The second-order valence-electron chi connectivity index (χ2n) is 7.90. The molecule has 2 N–H and O–H groups in total. The fraction of sp³-hybridized carbons (Fsp3) is 0.667. The summed E-state index contributed by atoms with van der Waals surface area (Å²) in [6, 6.07) is 5.57. The van der Waals surface area contributed by atoms with Gasteiger partial charge in [0.05, 0.1) is 5.56 Å². The number of ether oxygens (including phenoxy) is 1. The Labute approximate surface area is 171 Å². The molecule has 164 valence electrons. The Morgan fingerprint density at radius 2 is 1.93 bits per heavy atom. The zero-order valence-electron chi connectivity index (χ0n) is 17.8. The van der Waals surface area contributed by atoms with Crippen LogP contribution in [0.3, 0.4) is 0 Å². The smallest absolute Gasteiger partial charge is 0.381 e. The molecule has 8 heteroatoms. The van der Waals surface area contributed by atoms with Crippen molar-refractivity contribution in [1.29, 1.82) is 0 Å². The summed E-state index contributed by atoms with van der Waals surface area (Å²) in [5, 5.41) is 6.67. The number of likely N-dealkylation sites (N-methyl/N-ethyl adjacent to an activating group) is 1. The van der Waals surface area contributed by atoms with Crippen LogP contribution in [-0.2, 0) is 10.9 Å². The van der Waals surface area contributed by atoms with Crippen LogP contribution < -0.4 is 10.6 Å². The van der Waals surface area contributed by atoms with Gasteiger partial charge in [-0.2, -0.15) is 13.2 Å². The number of benzene rings is 1. The van der Waals surface area contributed by atoms with Gasteiger partial charge in [-0.25, -0.2) is 0 Å². The van der Waals surface area contributed by atoms with Gasteiger partial charge in [0.2, 0.25) is 0 Å². The highest BCUT2D eigenvalue weighted by Gasteiger charge is 2.35. The first-order chi connectivity index (χ1) is 13.7. The largest absolute Gasteiger partial charge is 0.416 e. The molecular weight excluding hydrogens is 381 g/mol. The molecule has 1 aliphatic rings. The van der Waals surface area contributed by atoms with E-state index in [2.05, 4.69) is 34.6 Å².